The molecule has 0 unspecified atom stereocenters. The lowest BCUT2D eigenvalue weighted by atomic mass is 10.2. The molecule has 0 saturated heterocycles. The highest BCUT2D eigenvalue weighted by Gasteiger charge is 2.27. The highest BCUT2D eigenvalue weighted by Crippen LogP contribution is 2.37. The fourth-order valence-corrected chi connectivity index (χ4v) is 4.00. The van der Waals surface area contributed by atoms with E-state index in [1.807, 2.05) is 38.9 Å². The zero-order chi connectivity index (χ0) is 21.8. The molecule has 0 spiro atoms. The summed E-state index contributed by atoms with van der Waals surface area (Å²) in [7, 11) is 3.77. The summed E-state index contributed by atoms with van der Waals surface area (Å²) < 4.78 is 7.28. The standard InChI is InChI=1S/C23H28N4O3/c1-15-16(2)27(18-9-5-6-10-18)22(20(15)13-24)25-21(28)14-30-23(29)17-8-7-11-19(12-17)26(3)4/h7-8,11-12,18H,5-6,9-10,14H2,1-4H3,(H,25,28). The van der Waals surface area contributed by atoms with Gasteiger partial charge in [-0.15, -0.1) is 0 Å². The van der Waals surface area contributed by atoms with Crippen molar-refractivity contribution in [2.75, 3.05) is 30.9 Å². The Labute approximate surface area is 177 Å². The topological polar surface area (TPSA) is 87.4 Å². The van der Waals surface area contributed by atoms with Gasteiger partial charge >= 0.3 is 5.97 Å². The Bertz CT molecular complexity index is 995. The maximum atomic E-state index is 12.6. The number of carbonyl (C=O) groups excluding carboxylic acids is 2. The molecule has 1 saturated carbocycles. The van der Waals surface area contributed by atoms with Crippen LogP contribution in [0.3, 0.4) is 0 Å². The molecule has 158 valence electrons. The number of benzene rings is 1. The Kier molecular flexibility index (Phi) is 6.46. The minimum absolute atomic E-state index is 0.275. The first-order chi connectivity index (χ1) is 14.3. The van der Waals surface area contributed by atoms with Gasteiger partial charge < -0.3 is 19.5 Å². The van der Waals surface area contributed by atoms with E-state index in [2.05, 4.69) is 16.0 Å². The van der Waals surface area contributed by atoms with Gasteiger partial charge in [-0.2, -0.15) is 5.26 Å². The molecule has 3 rings (SSSR count). The van der Waals surface area contributed by atoms with Gasteiger partial charge in [-0.1, -0.05) is 18.9 Å². The van der Waals surface area contributed by atoms with Crippen LogP contribution in [0.15, 0.2) is 24.3 Å². The predicted molar refractivity (Wildman–Crippen MR) is 116 cm³/mol. The summed E-state index contributed by atoms with van der Waals surface area (Å²) in [5.74, 6) is -0.511. The number of anilines is 2. The number of carbonyl (C=O) groups is 2. The van der Waals surface area contributed by atoms with E-state index in [4.69, 9.17) is 4.74 Å². The summed E-state index contributed by atoms with van der Waals surface area (Å²) in [5.41, 5.74) is 3.59. The highest BCUT2D eigenvalue weighted by molar-refractivity contribution is 5.96. The van der Waals surface area contributed by atoms with Crippen molar-refractivity contribution < 1.29 is 14.3 Å². The van der Waals surface area contributed by atoms with Crippen LogP contribution < -0.4 is 10.2 Å². The van der Waals surface area contributed by atoms with Crippen molar-refractivity contribution in [2.24, 2.45) is 0 Å². The molecule has 1 aliphatic carbocycles. The van der Waals surface area contributed by atoms with Crippen molar-refractivity contribution in [1.29, 1.82) is 5.26 Å². The van der Waals surface area contributed by atoms with E-state index in [9.17, 15) is 14.9 Å². The number of aromatic nitrogens is 1. The molecule has 1 N–H and O–H groups in total. The fraction of sp³-hybridized carbons (Fsp3) is 0.435. The van der Waals surface area contributed by atoms with Crippen molar-refractivity contribution in [2.45, 2.75) is 45.6 Å². The molecule has 7 heteroatoms. The third kappa shape index (κ3) is 4.33. The quantitative estimate of drug-likeness (QED) is 0.731. The average molecular weight is 409 g/mol. The van der Waals surface area contributed by atoms with Gasteiger partial charge in [0.1, 0.15) is 11.9 Å². The number of rotatable bonds is 6. The lowest BCUT2D eigenvalue weighted by Crippen LogP contribution is -2.24. The van der Waals surface area contributed by atoms with E-state index in [0.717, 1.165) is 42.6 Å². The molecule has 0 atom stereocenters. The number of esters is 1. The van der Waals surface area contributed by atoms with E-state index in [1.165, 1.54) is 0 Å². The summed E-state index contributed by atoms with van der Waals surface area (Å²) >= 11 is 0. The second-order valence-corrected chi connectivity index (χ2v) is 7.92. The van der Waals surface area contributed by atoms with Gasteiger partial charge in [-0.05, 0) is 50.5 Å². The third-order valence-electron chi connectivity index (χ3n) is 5.75. The molecule has 1 fully saturated rings. The molecule has 30 heavy (non-hydrogen) atoms. The smallest absolute Gasteiger partial charge is 0.338 e. The zero-order valence-electron chi connectivity index (χ0n) is 18.0. The molecule has 1 heterocycles. The second-order valence-electron chi connectivity index (χ2n) is 7.92. The predicted octanol–water partition coefficient (Wildman–Crippen LogP) is 3.95. The largest absolute Gasteiger partial charge is 0.452 e. The lowest BCUT2D eigenvalue weighted by Gasteiger charge is -2.19. The van der Waals surface area contributed by atoms with E-state index in [0.29, 0.717) is 16.9 Å². The van der Waals surface area contributed by atoms with Crippen molar-refractivity contribution in [3.8, 4) is 6.07 Å². The van der Waals surface area contributed by atoms with Crippen molar-refractivity contribution in [3.05, 3.63) is 46.6 Å². The van der Waals surface area contributed by atoms with Gasteiger partial charge in [0.25, 0.3) is 5.91 Å². The number of nitrogens with one attached hydrogen (secondary N) is 1. The monoisotopic (exact) mass is 408 g/mol. The van der Waals surface area contributed by atoms with Crippen molar-refractivity contribution in [1.82, 2.24) is 4.57 Å². The van der Waals surface area contributed by atoms with Crippen LogP contribution >= 0.6 is 0 Å². The normalized spacial score (nSPS) is 13.7. The highest BCUT2D eigenvalue weighted by atomic mass is 16.5. The van der Waals surface area contributed by atoms with Crippen LogP contribution in [0.4, 0.5) is 11.5 Å². The number of ether oxygens (including phenoxy) is 1. The van der Waals surface area contributed by atoms with Gasteiger partial charge in [-0.25, -0.2) is 4.79 Å². The third-order valence-corrected chi connectivity index (χ3v) is 5.75. The van der Waals surface area contributed by atoms with Crippen LogP contribution in [-0.2, 0) is 9.53 Å². The number of hydrogen-bond donors (Lipinski definition) is 1. The molecule has 1 amide bonds. The van der Waals surface area contributed by atoms with Crippen LogP contribution in [0.1, 0.15) is 58.9 Å². The Morgan fingerprint density at radius 1 is 1.27 bits per heavy atom. The van der Waals surface area contributed by atoms with Gasteiger partial charge in [0, 0.05) is 31.5 Å². The molecule has 0 bridgehead atoms. The van der Waals surface area contributed by atoms with E-state index >= 15 is 0 Å². The maximum Gasteiger partial charge on any atom is 0.338 e. The van der Waals surface area contributed by atoms with Gasteiger partial charge in [-0.3, -0.25) is 4.79 Å². The zero-order valence-corrected chi connectivity index (χ0v) is 18.0. The first-order valence-corrected chi connectivity index (χ1v) is 10.2. The first-order valence-electron chi connectivity index (χ1n) is 10.2. The second kappa shape index (κ2) is 9.04. The first kappa shape index (κ1) is 21.4. The Hall–Kier alpha value is -3.27. The maximum absolute atomic E-state index is 12.6. The van der Waals surface area contributed by atoms with Crippen LogP contribution in [0.25, 0.3) is 0 Å². The minimum atomic E-state index is -0.562. The number of nitrogens with zero attached hydrogens (tertiary/aromatic N) is 3. The molecule has 7 nitrogen and oxygen atoms in total. The van der Waals surface area contributed by atoms with Crippen LogP contribution in [-0.4, -0.2) is 37.1 Å². The molecular weight excluding hydrogens is 380 g/mol. The molecule has 0 radical (unpaired) electrons. The fourth-order valence-electron chi connectivity index (χ4n) is 4.00. The summed E-state index contributed by atoms with van der Waals surface area (Å²) in [6.07, 6.45) is 4.33. The molecule has 2 aromatic rings. The average Bonchev–Trinajstić information content (AvgIpc) is 3.33. The van der Waals surface area contributed by atoms with Gasteiger partial charge in [0.15, 0.2) is 6.61 Å². The van der Waals surface area contributed by atoms with Crippen LogP contribution in [0.2, 0.25) is 0 Å². The van der Waals surface area contributed by atoms with Crippen molar-refractivity contribution >= 4 is 23.4 Å². The summed E-state index contributed by atoms with van der Waals surface area (Å²) in [5, 5.41) is 12.4. The Morgan fingerprint density at radius 3 is 2.60 bits per heavy atom. The SMILES string of the molecule is Cc1c(C#N)c(NC(=O)COC(=O)c2cccc(N(C)C)c2)n(C2CCCC2)c1C. The van der Waals surface area contributed by atoms with E-state index in [1.54, 1.807) is 18.2 Å². The summed E-state index contributed by atoms with van der Waals surface area (Å²) in [6, 6.07) is 9.51. The molecule has 0 aliphatic heterocycles. The Balaban J connectivity index is 1.72. The lowest BCUT2D eigenvalue weighted by molar-refractivity contribution is -0.119. The van der Waals surface area contributed by atoms with Gasteiger partial charge in [0.2, 0.25) is 0 Å². The summed E-state index contributed by atoms with van der Waals surface area (Å²) in [6.45, 7) is 3.46. The minimum Gasteiger partial charge on any atom is -0.452 e. The number of amides is 1. The Morgan fingerprint density at radius 2 is 1.97 bits per heavy atom. The van der Waals surface area contributed by atoms with Crippen LogP contribution in [0, 0.1) is 25.2 Å². The molecule has 1 aromatic carbocycles. The molecule has 1 aromatic heterocycles. The van der Waals surface area contributed by atoms with E-state index < -0.39 is 18.5 Å². The summed E-state index contributed by atoms with van der Waals surface area (Å²) in [4.78, 5) is 26.8. The molecule has 1 aliphatic rings. The number of nitriles is 1. The van der Waals surface area contributed by atoms with Crippen molar-refractivity contribution in [3.63, 3.8) is 0 Å². The van der Waals surface area contributed by atoms with Crippen LogP contribution in [0.5, 0.6) is 0 Å². The van der Waals surface area contributed by atoms with Gasteiger partial charge in [0.05, 0.1) is 11.1 Å². The molecular formula is C23H28N4O3. The number of hydrogen-bond acceptors (Lipinski definition) is 5. The van der Waals surface area contributed by atoms with E-state index in [-0.39, 0.29) is 6.04 Å².